The SMILES string of the molecule is Cc1ccccc1C(=O)N[C@@H]1[C@@H](O)[C@H](O)[C@@H](CO)O[C@@H]1O. The van der Waals surface area contributed by atoms with Crippen LogP contribution >= 0.6 is 0 Å². The van der Waals surface area contributed by atoms with Gasteiger partial charge in [0.25, 0.3) is 5.91 Å². The number of benzene rings is 1. The van der Waals surface area contributed by atoms with E-state index in [-0.39, 0.29) is 0 Å². The fourth-order valence-corrected chi connectivity index (χ4v) is 2.31. The Morgan fingerprint density at radius 3 is 2.52 bits per heavy atom. The van der Waals surface area contributed by atoms with E-state index in [1.807, 2.05) is 0 Å². The topological polar surface area (TPSA) is 119 Å². The minimum Gasteiger partial charge on any atom is -0.394 e. The van der Waals surface area contributed by atoms with Gasteiger partial charge in [0.2, 0.25) is 0 Å². The van der Waals surface area contributed by atoms with E-state index in [0.717, 1.165) is 5.56 Å². The van der Waals surface area contributed by atoms with Crippen LogP contribution in [0.25, 0.3) is 0 Å². The van der Waals surface area contributed by atoms with Crippen LogP contribution in [0.1, 0.15) is 15.9 Å². The van der Waals surface area contributed by atoms with Crippen LogP contribution < -0.4 is 5.32 Å². The summed E-state index contributed by atoms with van der Waals surface area (Å²) in [5, 5.41) is 41.0. The van der Waals surface area contributed by atoms with Gasteiger partial charge in [-0.1, -0.05) is 18.2 Å². The van der Waals surface area contributed by atoms with Gasteiger partial charge in [-0.05, 0) is 18.6 Å². The number of carbonyl (C=O) groups excluding carboxylic acids is 1. The lowest BCUT2D eigenvalue weighted by atomic mass is 9.96. The molecule has 7 heteroatoms. The average Bonchev–Trinajstić information content (AvgIpc) is 2.47. The van der Waals surface area contributed by atoms with Gasteiger partial charge in [0.1, 0.15) is 24.4 Å². The van der Waals surface area contributed by atoms with Crippen LogP contribution in [0.15, 0.2) is 24.3 Å². The largest absolute Gasteiger partial charge is 0.394 e. The summed E-state index contributed by atoms with van der Waals surface area (Å²) in [5.41, 5.74) is 1.14. The smallest absolute Gasteiger partial charge is 0.252 e. The highest BCUT2D eigenvalue weighted by atomic mass is 16.6. The molecule has 1 saturated heterocycles. The number of aliphatic hydroxyl groups is 4. The molecule has 0 unspecified atom stereocenters. The molecule has 0 spiro atoms. The first-order valence-corrected chi connectivity index (χ1v) is 6.62. The van der Waals surface area contributed by atoms with E-state index in [0.29, 0.717) is 5.56 Å². The van der Waals surface area contributed by atoms with Gasteiger partial charge in [0.05, 0.1) is 6.61 Å². The van der Waals surface area contributed by atoms with Crippen LogP contribution in [-0.4, -0.2) is 63.6 Å². The van der Waals surface area contributed by atoms with Crippen LogP contribution in [0.2, 0.25) is 0 Å². The number of hydrogen-bond donors (Lipinski definition) is 5. The number of amides is 1. The first-order chi connectivity index (χ1) is 9.95. The van der Waals surface area contributed by atoms with Crippen LogP contribution in [0.5, 0.6) is 0 Å². The third-order valence-corrected chi connectivity index (χ3v) is 3.59. The van der Waals surface area contributed by atoms with Gasteiger partial charge in [-0.25, -0.2) is 0 Å². The third-order valence-electron chi connectivity index (χ3n) is 3.59. The highest BCUT2D eigenvalue weighted by Crippen LogP contribution is 2.20. The number of carbonyl (C=O) groups is 1. The van der Waals surface area contributed by atoms with Gasteiger partial charge >= 0.3 is 0 Å². The van der Waals surface area contributed by atoms with Crippen LogP contribution in [-0.2, 0) is 4.74 Å². The molecule has 5 N–H and O–H groups in total. The summed E-state index contributed by atoms with van der Waals surface area (Å²) < 4.78 is 4.98. The Morgan fingerprint density at radius 1 is 1.24 bits per heavy atom. The van der Waals surface area contributed by atoms with Crippen molar-refractivity contribution in [3.8, 4) is 0 Å². The van der Waals surface area contributed by atoms with Crippen molar-refractivity contribution in [1.82, 2.24) is 5.32 Å². The maximum atomic E-state index is 12.2. The lowest BCUT2D eigenvalue weighted by molar-refractivity contribution is -0.252. The minimum absolute atomic E-state index is 0.399. The number of hydrogen-bond acceptors (Lipinski definition) is 6. The molecule has 5 atom stereocenters. The molecule has 2 rings (SSSR count). The average molecular weight is 297 g/mol. The Morgan fingerprint density at radius 2 is 1.90 bits per heavy atom. The van der Waals surface area contributed by atoms with Gasteiger partial charge in [-0.3, -0.25) is 4.79 Å². The zero-order chi connectivity index (χ0) is 15.6. The van der Waals surface area contributed by atoms with Crippen molar-refractivity contribution < 1.29 is 30.0 Å². The fourth-order valence-electron chi connectivity index (χ4n) is 2.31. The lowest BCUT2D eigenvalue weighted by Crippen LogP contribution is -2.64. The van der Waals surface area contributed by atoms with Crippen LogP contribution in [0.4, 0.5) is 0 Å². The monoisotopic (exact) mass is 297 g/mol. The summed E-state index contributed by atoms with van der Waals surface area (Å²) in [6, 6.07) is 5.67. The van der Waals surface area contributed by atoms with Crippen molar-refractivity contribution in [2.75, 3.05) is 6.61 Å². The maximum absolute atomic E-state index is 12.2. The first kappa shape index (κ1) is 15.9. The van der Waals surface area contributed by atoms with Gasteiger partial charge in [0, 0.05) is 5.56 Å². The molecule has 0 aliphatic carbocycles. The fraction of sp³-hybridized carbons (Fsp3) is 0.500. The predicted octanol–water partition coefficient (Wildman–Crippen LogP) is -1.48. The normalized spacial score (nSPS) is 32.7. The van der Waals surface area contributed by atoms with E-state index in [2.05, 4.69) is 5.32 Å². The molecule has 1 heterocycles. The number of aryl methyl sites for hydroxylation is 1. The number of nitrogens with one attached hydrogen (secondary N) is 1. The maximum Gasteiger partial charge on any atom is 0.252 e. The van der Waals surface area contributed by atoms with E-state index >= 15 is 0 Å². The predicted molar refractivity (Wildman–Crippen MR) is 72.4 cm³/mol. The van der Waals surface area contributed by atoms with E-state index in [9.17, 15) is 20.1 Å². The van der Waals surface area contributed by atoms with Crippen molar-refractivity contribution in [3.63, 3.8) is 0 Å². The van der Waals surface area contributed by atoms with Crippen molar-refractivity contribution in [3.05, 3.63) is 35.4 Å². The second-order valence-electron chi connectivity index (χ2n) is 5.04. The van der Waals surface area contributed by atoms with Crippen molar-refractivity contribution in [2.45, 2.75) is 37.6 Å². The number of aliphatic hydroxyl groups excluding tert-OH is 4. The van der Waals surface area contributed by atoms with Crippen molar-refractivity contribution in [1.29, 1.82) is 0 Å². The van der Waals surface area contributed by atoms with Gasteiger partial charge in [-0.2, -0.15) is 0 Å². The quantitative estimate of drug-likeness (QED) is 0.464. The molecule has 0 aromatic heterocycles. The standard InChI is InChI=1S/C14H19NO6/c1-7-4-2-3-5-8(7)13(19)15-10-12(18)11(17)9(6-16)21-14(10)20/h2-5,9-12,14,16-18,20H,6H2,1H3,(H,15,19)/t9-,10-,11-,12-,14+/m1/s1. The number of rotatable bonds is 3. The summed E-state index contributed by atoms with van der Waals surface area (Å²) in [4.78, 5) is 12.2. The summed E-state index contributed by atoms with van der Waals surface area (Å²) in [6.45, 7) is 1.21. The third kappa shape index (κ3) is 3.22. The summed E-state index contributed by atoms with van der Waals surface area (Å²) in [6.07, 6.45) is -5.46. The number of ether oxygens (including phenoxy) is 1. The minimum atomic E-state index is -1.52. The molecule has 1 aromatic rings. The molecular formula is C14H19NO6. The Hall–Kier alpha value is -1.51. The second-order valence-corrected chi connectivity index (χ2v) is 5.04. The van der Waals surface area contributed by atoms with E-state index < -0.39 is 43.2 Å². The molecule has 116 valence electrons. The highest BCUT2D eigenvalue weighted by Gasteiger charge is 2.44. The Kier molecular flexibility index (Phi) is 4.92. The zero-order valence-corrected chi connectivity index (χ0v) is 11.5. The molecule has 1 aromatic carbocycles. The van der Waals surface area contributed by atoms with Gasteiger partial charge in [-0.15, -0.1) is 0 Å². The van der Waals surface area contributed by atoms with E-state index in [1.54, 1.807) is 31.2 Å². The molecule has 0 radical (unpaired) electrons. The Balaban J connectivity index is 2.12. The molecule has 21 heavy (non-hydrogen) atoms. The van der Waals surface area contributed by atoms with Crippen molar-refractivity contribution in [2.24, 2.45) is 0 Å². The van der Waals surface area contributed by atoms with E-state index in [4.69, 9.17) is 9.84 Å². The first-order valence-electron chi connectivity index (χ1n) is 6.62. The zero-order valence-electron chi connectivity index (χ0n) is 11.5. The molecule has 1 amide bonds. The summed E-state index contributed by atoms with van der Waals surface area (Å²) in [7, 11) is 0. The van der Waals surface area contributed by atoms with E-state index in [1.165, 1.54) is 0 Å². The molecule has 0 saturated carbocycles. The highest BCUT2D eigenvalue weighted by molar-refractivity contribution is 5.95. The molecule has 1 fully saturated rings. The van der Waals surface area contributed by atoms with Gasteiger partial charge < -0.3 is 30.5 Å². The second kappa shape index (κ2) is 6.50. The summed E-state index contributed by atoms with van der Waals surface area (Å²) >= 11 is 0. The Bertz CT molecular complexity index is 508. The van der Waals surface area contributed by atoms with Crippen LogP contribution in [0.3, 0.4) is 0 Å². The van der Waals surface area contributed by atoms with Crippen LogP contribution in [0, 0.1) is 6.92 Å². The Labute approximate surface area is 121 Å². The lowest BCUT2D eigenvalue weighted by Gasteiger charge is -2.40. The molecular weight excluding hydrogens is 278 g/mol. The molecule has 1 aliphatic heterocycles. The molecule has 1 aliphatic rings. The molecule has 7 nitrogen and oxygen atoms in total. The van der Waals surface area contributed by atoms with Gasteiger partial charge in [0.15, 0.2) is 6.29 Å². The summed E-state index contributed by atoms with van der Waals surface area (Å²) in [5.74, 6) is -0.491. The molecule has 0 bridgehead atoms. The van der Waals surface area contributed by atoms with Crippen molar-refractivity contribution >= 4 is 5.91 Å².